The van der Waals surface area contributed by atoms with Gasteiger partial charge in [0.25, 0.3) is 5.91 Å². The summed E-state index contributed by atoms with van der Waals surface area (Å²) in [6.07, 6.45) is 2.31. The minimum Gasteiger partial charge on any atom is -0.322 e. The van der Waals surface area contributed by atoms with Gasteiger partial charge in [0, 0.05) is 23.2 Å². The van der Waals surface area contributed by atoms with E-state index in [1.54, 1.807) is 24.3 Å². The molecule has 0 unspecified atom stereocenters. The zero-order valence-corrected chi connectivity index (χ0v) is 16.4. The first kappa shape index (κ1) is 19.6. The number of amides is 1. The highest BCUT2D eigenvalue weighted by Gasteiger charge is 2.10. The number of Topliss-reactive ketones (excluding diaryl/α,β-unsaturated/α-hetero) is 1. The van der Waals surface area contributed by atoms with Crippen LogP contribution in [-0.2, 0) is 19.3 Å². The van der Waals surface area contributed by atoms with Gasteiger partial charge in [-0.2, -0.15) is 0 Å². The van der Waals surface area contributed by atoms with E-state index in [0.29, 0.717) is 17.5 Å². The Labute approximate surface area is 166 Å². The summed E-state index contributed by atoms with van der Waals surface area (Å²) in [5.41, 5.74) is 5.39. The van der Waals surface area contributed by atoms with Crippen LogP contribution in [0.5, 0.6) is 0 Å². The quantitative estimate of drug-likeness (QED) is 0.558. The summed E-state index contributed by atoms with van der Waals surface area (Å²) in [7, 11) is 0. The van der Waals surface area contributed by atoms with Gasteiger partial charge in [0.05, 0.1) is 0 Å². The second-order valence-corrected chi connectivity index (χ2v) is 6.85. The minimum absolute atomic E-state index is 0.0476. The monoisotopic (exact) mass is 371 g/mol. The molecule has 0 fully saturated rings. The zero-order valence-electron chi connectivity index (χ0n) is 16.4. The van der Waals surface area contributed by atoms with Crippen LogP contribution in [-0.4, -0.2) is 11.7 Å². The maximum Gasteiger partial charge on any atom is 0.255 e. The van der Waals surface area contributed by atoms with E-state index >= 15 is 0 Å². The summed E-state index contributed by atoms with van der Waals surface area (Å²) < 4.78 is 0. The van der Waals surface area contributed by atoms with Crippen molar-refractivity contribution in [3.8, 4) is 0 Å². The van der Waals surface area contributed by atoms with E-state index in [1.807, 2.05) is 36.4 Å². The number of aryl methyl sites for hydroxylation is 2. The van der Waals surface area contributed by atoms with Crippen molar-refractivity contribution in [2.45, 2.75) is 33.1 Å². The van der Waals surface area contributed by atoms with E-state index < -0.39 is 0 Å². The molecule has 3 rings (SSSR count). The largest absolute Gasteiger partial charge is 0.322 e. The molecular formula is C25H25NO2. The summed E-state index contributed by atoms with van der Waals surface area (Å²) in [4.78, 5) is 24.9. The lowest BCUT2D eigenvalue weighted by atomic mass is 10.0. The van der Waals surface area contributed by atoms with Gasteiger partial charge >= 0.3 is 0 Å². The lowest BCUT2D eigenvalue weighted by Gasteiger charge is -2.07. The standard InChI is InChI=1S/C25H25NO2/c1-3-18-5-7-20(8-6-18)17-24(27)21-11-13-22(14-12-21)25(28)26-23-15-9-19(4-2)10-16-23/h5-16H,3-4,17H2,1-2H3,(H,26,28). The van der Waals surface area contributed by atoms with Crippen molar-refractivity contribution in [1.82, 2.24) is 0 Å². The van der Waals surface area contributed by atoms with Crippen molar-refractivity contribution in [3.05, 3.63) is 101 Å². The first-order valence-electron chi connectivity index (χ1n) is 9.70. The van der Waals surface area contributed by atoms with Crippen LogP contribution in [0.25, 0.3) is 0 Å². The molecule has 0 atom stereocenters. The average Bonchev–Trinajstić information content (AvgIpc) is 2.75. The molecule has 0 bridgehead atoms. The van der Waals surface area contributed by atoms with E-state index in [9.17, 15) is 9.59 Å². The SMILES string of the molecule is CCc1ccc(CC(=O)c2ccc(C(=O)Nc3ccc(CC)cc3)cc2)cc1. The molecule has 0 heterocycles. The molecule has 0 aliphatic rings. The maximum absolute atomic E-state index is 12.5. The maximum atomic E-state index is 12.5. The third-order valence-corrected chi connectivity index (χ3v) is 4.89. The fourth-order valence-electron chi connectivity index (χ4n) is 3.01. The number of carbonyl (C=O) groups is 2. The number of rotatable bonds is 7. The van der Waals surface area contributed by atoms with Crippen LogP contribution in [0.4, 0.5) is 5.69 Å². The zero-order chi connectivity index (χ0) is 19.9. The number of carbonyl (C=O) groups excluding carboxylic acids is 2. The van der Waals surface area contributed by atoms with Crippen molar-refractivity contribution in [2.24, 2.45) is 0 Å². The molecule has 0 saturated carbocycles. The predicted molar refractivity (Wildman–Crippen MR) is 114 cm³/mol. The summed E-state index contributed by atoms with van der Waals surface area (Å²) in [5, 5.41) is 2.88. The highest BCUT2D eigenvalue weighted by atomic mass is 16.1. The molecular weight excluding hydrogens is 346 g/mol. The lowest BCUT2D eigenvalue weighted by Crippen LogP contribution is -2.12. The smallest absolute Gasteiger partial charge is 0.255 e. The summed E-state index contributed by atoms with van der Waals surface area (Å²) in [6.45, 7) is 4.20. The van der Waals surface area contributed by atoms with Crippen molar-refractivity contribution in [1.29, 1.82) is 0 Å². The molecule has 3 nitrogen and oxygen atoms in total. The van der Waals surface area contributed by atoms with Gasteiger partial charge in [0.1, 0.15) is 0 Å². The van der Waals surface area contributed by atoms with Gasteiger partial charge in [0.15, 0.2) is 5.78 Å². The van der Waals surface area contributed by atoms with Crippen molar-refractivity contribution >= 4 is 17.4 Å². The number of benzene rings is 3. The topological polar surface area (TPSA) is 46.2 Å². The molecule has 3 aromatic carbocycles. The molecule has 28 heavy (non-hydrogen) atoms. The highest BCUT2D eigenvalue weighted by Crippen LogP contribution is 2.14. The van der Waals surface area contributed by atoms with Gasteiger partial charge in [-0.25, -0.2) is 0 Å². The Bertz CT molecular complexity index is 859. The molecule has 1 amide bonds. The van der Waals surface area contributed by atoms with Gasteiger partial charge in [-0.1, -0.05) is 62.4 Å². The fraction of sp³-hybridized carbons (Fsp3) is 0.200. The van der Waals surface area contributed by atoms with Crippen molar-refractivity contribution in [2.75, 3.05) is 5.32 Å². The van der Waals surface area contributed by atoms with E-state index in [-0.39, 0.29) is 11.7 Å². The molecule has 0 aliphatic carbocycles. The summed E-state index contributed by atoms with van der Waals surface area (Å²) >= 11 is 0. The molecule has 0 saturated heterocycles. The van der Waals surface area contributed by atoms with Gasteiger partial charge in [-0.05, 0) is 53.8 Å². The Morgan fingerprint density at radius 3 is 1.64 bits per heavy atom. The molecule has 1 N–H and O–H groups in total. The van der Waals surface area contributed by atoms with E-state index in [2.05, 4.69) is 31.3 Å². The molecule has 3 aromatic rings. The Balaban J connectivity index is 1.62. The van der Waals surface area contributed by atoms with Crippen LogP contribution in [0, 0.1) is 0 Å². The Hall–Kier alpha value is -3.20. The first-order chi connectivity index (χ1) is 13.6. The van der Waals surface area contributed by atoms with Gasteiger partial charge in [-0.3, -0.25) is 9.59 Å². The number of nitrogens with one attached hydrogen (secondary N) is 1. The third-order valence-electron chi connectivity index (χ3n) is 4.89. The predicted octanol–water partition coefficient (Wildman–Crippen LogP) is 5.49. The average molecular weight is 371 g/mol. The highest BCUT2D eigenvalue weighted by molar-refractivity contribution is 6.05. The van der Waals surface area contributed by atoms with Crippen LogP contribution in [0.15, 0.2) is 72.8 Å². The van der Waals surface area contributed by atoms with Crippen LogP contribution in [0.3, 0.4) is 0 Å². The fourth-order valence-corrected chi connectivity index (χ4v) is 3.01. The van der Waals surface area contributed by atoms with Gasteiger partial charge in [0.2, 0.25) is 0 Å². The Morgan fingerprint density at radius 1 is 0.643 bits per heavy atom. The first-order valence-corrected chi connectivity index (χ1v) is 9.70. The summed E-state index contributed by atoms with van der Waals surface area (Å²) in [6, 6.07) is 22.8. The van der Waals surface area contributed by atoms with E-state index in [1.165, 1.54) is 11.1 Å². The molecule has 0 aliphatic heterocycles. The molecule has 0 spiro atoms. The normalized spacial score (nSPS) is 10.5. The van der Waals surface area contributed by atoms with Gasteiger partial charge < -0.3 is 5.32 Å². The van der Waals surface area contributed by atoms with Crippen LogP contribution in [0.2, 0.25) is 0 Å². The van der Waals surface area contributed by atoms with Gasteiger partial charge in [-0.15, -0.1) is 0 Å². The molecule has 0 radical (unpaired) electrons. The second-order valence-electron chi connectivity index (χ2n) is 6.85. The number of hydrogen-bond donors (Lipinski definition) is 1. The molecule has 0 aromatic heterocycles. The Kier molecular flexibility index (Phi) is 6.38. The summed E-state index contributed by atoms with van der Waals surface area (Å²) in [5.74, 6) is -0.134. The minimum atomic E-state index is -0.182. The lowest BCUT2D eigenvalue weighted by molar-refractivity contribution is 0.0989. The van der Waals surface area contributed by atoms with Crippen molar-refractivity contribution in [3.63, 3.8) is 0 Å². The third kappa shape index (κ3) is 4.95. The second kappa shape index (κ2) is 9.14. The van der Waals surface area contributed by atoms with Crippen LogP contribution < -0.4 is 5.32 Å². The van der Waals surface area contributed by atoms with Crippen LogP contribution in [0.1, 0.15) is 51.3 Å². The Morgan fingerprint density at radius 2 is 1.11 bits per heavy atom. The van der Waals surface area contributed by atoms with E-state index in [4.69, 9.17) is 0 Å². The molecule has 142 valence electrons. The number of anilines is 1. The van der Waals surface area contributed by atoms with Crippen LogP contribution >= 0.6 is 0 Å². The number of ketones is 1. The van der Waals surface area contributed by atoms with E-state index in [0.717, 1.165) is 24.1 Å². The van der Waals surface area contributed by atoms with Crippen molar-refractivity contribution < 1.29 is 9.59 Å². The number of hydrogen-bond acceptors (Lipinski definition) is 2. The molecule has 3 heteroatoms.